The van der Waals surface area contributed by atoms with Crippen LogP contribution in [0.2, 0.25) is 0 Å². The summed E-state index contributed by atoms with van der Waals surface area (Å²) in [7, 11) is 1.87. The van der Waals surface area contributed by atoms with Crippen LogP contribution in [0.5, 0.6) is 0 Å². The number of guanidine groups is 1. The highest BCUT2D eigenvalue weighted by molar-refractivity contribution is 5.79. The molecule has 0 amide bonds. The molecule has 0 aliphatic carbocycles. The number of hydrogen-bond donors (Lipinski definition) is 1. The Labute approximate surface area is 164 Å². The molecule has 1 atom stereocenters. The van der Waals surface area contributed by atoms with Gasteiger partial charge < -0.3 is 19.7 Å². The lowest BCUT2D eigenvalue weighted by Gasteiger charge is -2.35. The first-order valence-electron chi connectivity index (χ1n) is 10.5. The molecule has 2 fully saturated rings. The number of hydrogen-bond acceptors (Lipinski definition) is 3. The van der Waals surface area contributed by atoms with Crippen molar-refractivity contribution in [2.24, 2.45) is 4.99 Å². The highest BCUT2D eigenvalue weighted by Crippen LogP contribution is 2.18. The average molecular weight is 374 g/mol. The van der Waals surface area contributed by atoms with Crippen LogP contribution in [0.4, 0.5) is 0 Å². The second-order valence-electron chi connectivity index (χ2n) is 7.72. The van der Waals surface area contributed by atoms with E-state index in [1.54, 1.807) is 0 Å². The molecule has 2 aliphatic heterocycles. The summed E-state index contributed by atoms with van der Waals surface area (Å²) in [5, 5.41) is 3.52. The van der Waals surface area contributed by atoms with Crippen LogP contribution in [0, 0.1) is 6.92 Å². The number of piperidine rings is 1. The zero-order valence-electron chi connectivity index (χ0n) is 17.0. The van der Waals surface area contributed by atoms with Crippen LogP contribution in [-0.2, 0) is 15.9 Å². The van der Waals surface area contributed by atoms with Gasteiger partial charge in [-0.3, -0.25) is 4.99 Å². The Morgan fingerprint density at radius 3 is 2.63 bits per heavy atom. The van der Waals surface area contributed by atoms with Crippen LogP contribution < -0.4 is 5.32 Å². The van der Waals surface area contributed by atoms with Crippen molar-refractivity contribution < 1.29 is 9.47 Å². The van der Waals surface area contributed by atoms with E-state index in [9.17, 15) is 0 Å². The molecule has 5 heteroatoms. The fourth-order valence-electron chi connectivity index (χ4n) is 3.82. The van der Waals surface area contributed by atoms with Gasteiger partial charge in [-0.25, -0.2) is 0 Å². The lowest BCUT2D eigenvalue weighted by atomic mass is 10.1. The molecule has 2 heterocycles. The number of nitrogens with one attached hydrogen (secondary N) is 1. The Morgan fingerprint density at radius 1 is 1.19 bits per heavy atom. The minimum absolute atomic E-state index is 0.313. The lowest BCUT2D eigenvalue weighted by molar-refractivity contribution is -0.0721. The van der Waals surface area contributed by atoms with Gasteiger partial charge in [-0.05, 0) is 51.0 Å². The maximum Gasteiger partial charge on any atom is 0.193 e. The molecule has 2 aliphatic rings. The average Bonchev–Trinajstić information content (AvgIpc) is 2.72. The molecule has 2 saturated heterocycles. The predicted molar refractivity (Wildman–Crippen MR) is 110 cm³/mol. The van der Waals surface area contributed by atoms with E-state index in [2.05, 4.69) is 46.4 Å². The van der Waals surface area contributed by atoms with Gasteiger partial charge in [0.2, 0.25) is 0 Å². The van der Waals surface area contributed by atoms with Crippen LogP contribution in [0.15, 0.2) is 29.3 Å². The molecule has 150 valence electrons. The van der Waals surface area contributed by atoms with E-state index in [1.165, 1.54) is 24.0 Å². The highest BCUT2D eigenvalue weighted by atomic mass is 16.5. The minimum Gasteiger partial charge on any atom is -0.376 e. The normalized spacial score (nSPS) is 22.1. The van der Waals surface area contributed by atoms with Gasteiger partial charge in [0, 0.05) is 33.3 Å². The van der Waals surface area contributed by atoms with Gasteiger partial charge in [0.1, 0.15) is 0 Å². The topological polar surface area (TPSA) is 46.1 Å². The molecule has 1 unspecified atom stereocenters. The summed E-state index contributed by atoms with van der Waals surface area (Å²) in [5.74, 6) is 1.01. The quantitative estimate of drug-likeness (QED) is 0.615. The molecular weight excluding hydrogens is 338 g/mol. The number of likely N-dealkylation sites (tertiary alicyclic amines) is 1. The van der Waals surface area contributed by atoms with Crippen LogP contribution in [0.3, 0.4) is 0 Å². The number of benzene rings is 1. The Balaban J connectivity index is 1.34. The third-order valence-corrected chi connectivity index (χ3v) is 5.56. The number of rotatable bonds is 6. The van der Waals surface area contributed by atoms with E-state index < -0.39 is 0 Å². The zero-order valence-corrected chi connectivity index (χ0v) is 17.0. The summed E-state index contributed by atoms with van der Waals surface area (Å²) in [5.41, 5.74) is 2.67. The molecular formula is C22H35N3O2. The molecule has 27 heavy (non-hydrogen) atoms. The third-order valence-electron chi connectivity index (χ3n) is 5.56. The summed E-state index contributed by atoms with van der Waals surface area (Å²) >= 11 is 0. The van der Waals surface area contributed by atoms with Gasteiger partial charge in [0.15, 0.2) is 5.96 Å². The van der Waals surface area contributed by atoms with Crippen LogP contribution in [0.1, 0.15) is 43.2 Å². The first-order valence-corrected chi connectivity index (χ1v) is 10.5. The number of ether oxygens (including phenoxy) is 2. The first kappa shape index (κ1) is 20.2. The summed E-state index contributed by atoms with van der Waals surface area (Å²) in [6, 6.07) is 8.76. The molecule has 0 aromatic heterocycles. The largest absolute Gasteiger partial charge is 0.376 e. The number of aryl methyl sites for hydroxylation is 1. The van der Waals surface area contributed by atoms with E-state index >= 15 is 0 Å². The first-order chi connectivity index (χ1) is 13.2. The minimum atomic E-state index is 0.313. The van der Waals surface area contributed by atoms with Gasteiger partial charge in [0.05, 0.1) is 18.8 Å². The van der Waals surface area contributed by atoms with Crippen molar-refractivity contribution in [1.29, 1.82) is 0 Å². The van der Waals surface area contributed by atoms with Crippen molar-refractivity contribution in [3.05, 3.63) is 35.4 Å². The van der Waals surface area contributed by atoms with E-state index in [0.29, 0.717) is 12.2 Å². The van der Waals surface area contributed by atoms with Crippen molar-refractivity contribution in [3.63, 3.8) is 0 Å². The van der Waals surface area contributed by atoms with Crippen LogP contribution in [0.25, 0.3) is 0 Å². The maximum atomic E-state index is 6.12. The monoisotopic (exact) mass is 373 g/mol. The molecule has 1 aromatic carbocycles. The van der Waals surface area contributed by atoms with Gasteiger partial charge in [0.25, 0.3) is 0 Å². The predicted octanol–water partition coefficient (Wildman–Crippen LogP) is 3.16. The molecule has 0 saturated carbocycles. The van der Waals surface area contributed by atoms with E-state index in [1.807, 2.05) is 7.05 Å². The molecule has 0 spiro atoms. The van der Waals surface area contributed by atoms with E-state index in [4.69, 9.17) is 9.47 Å². The van der Waals surface area contributed by atoms with Gasteiger partial charge in [-0.2, -0.15) is 0 Å². The lowest BCUT2D eigenvalue weighted by Crippen LogP contribution is -2.47. The summed E-state index contributed by atoms with van der Waals surface area (Å²) in [6.45, 7) is 6.69. The van der Waals surface area contributed by atoms with Crippen LogP contribution >= 0.6 is 0 Å². The fraction of sp³-hybridized carbons (Fsp3) is 0.682. The SMILES string of the molecule is CN=C(NCCc1ccc(C)cc1)N1CCC(OCC2CCCCO2)CC1. The Kier molecular flexibility index (Phi) is 7.96. The van der Waals surface area contributed by atoms with Crippen molar-refractivity contribution in [2.75, 3.05) is 39.9 Å². The fourth-order valence-corrected chi connectivity index (χ4v) is 3.82. The highest BCUT2D eigenvalue weighted by Gasteiger charge is 2.23. The van der Waals surface area contributed by atoms with E-state index in [0.717, 1.165) is 64.5 Å². The molecule has 1 N–H and O–H groups in total. The van der Waals surface area contributed by atoms with Crippen LogP contribution in [-0.4, -0.2) is 63.0 Å². The molecule has 0 radical (unpaired) electrons. The van der Waals surface area contributed by atoms with Crippen molar-refractivity contribution in [3.8, 4) is 0 Å². The van der Waals surface area contributed by atoms with Gasteiger partial charge >= 0.3 is 0 Å². The Hall–Kier alpha value is -1.59. The molecule has 1 aromatic rings. The smallest absolute Gasteiger partial charge is 0.193 e. The van der Waals surface area contributed by atoms with E-state index in [-0.39, 0.29) is 0 Å². The van der Waals surface area contributed by atoms with Crippen molar-refractivity contribution in [2.45, 2.75) is 57.7 Å². The second-order valence-corrected chi connectivity index (χ2v) is 7.72. The number of aliphatic imine (C=N–C) groups is 1. The van der Waals surface area contributed by atoms with Crippen molar-refractivity contribution >= 4 is 5.96 Å². The Bertz CT molecular complexity index is 574. The number of nitrogens with zero attached hydrogens (tertiary/aromatic N) is 2. The zero-order chi connectivity index (χ0) is 18.9. The summed E-state index contributed by atoms with van der Waals surface area (Å²) in [6.07, 6.45) is 7.43. The standard InChI is InChI=1S/C22H35N3O2/c1-18-6-8-19(9-7-18)10-13-24-22(23-2)25-14-11-20(12-15-25)27-17-21-5-3-4-16-26-21/h6-9,20-21H,3-5,10-17H2,1-2H3,(H,23,24). The van der Waals surface area contributed by atoms with Gasteiger partial charge in [-0.1, -0.05) is 29.8 Å². The Morgan fingerprint density at radius 2 is 1.96 bits per heavy atom. The maximum absolute atomic E-state index is 6.12. The molecule has 5 nitrogen and oxygen atoms in total. The van der Waals surface area contributed by atoms with Gasteiger partial charge in [-0.15, -0.1) is 0 Å². The second kappa shape index (κ2) is 10.7. The summed E-state index contributed by atoms with van der Waals surface area (Å²) in [4.78, 5) is 6.83. The molecule has 3 rings (SSSR count). The summed E-state index contributed by atoms with van der Waals surface area (Å²) < 4.78 is 11.9. The third kappa shape index (κ3) is 6.51. The molecule has 0 bridgehead atoms. The van der Waals surface area contributed by atoms with Crippen molar-refractivity contribution in [1.82, 2.24) is 10.2 Å².